The Hall–Kier alpha value is -2.37. The number of carbonyl (C=O) groups is 1. The molecule has 0 fully saturated rings. The lowest BCUT2D eigenvalue weighted by molar-refractivity contribution is -0.114. The summed E-state index contributed by atoms with van der Waals surface area (Å²) in [7, 11) is 3.31. The highest BCUT2D eigenvalue weighted by Gasteiger charge is 2.23. The number of hydrogen-bond donors (Lipinski definition) is 2. The van der Waals surface area contributed by atoms with E-state index in [0.717, 1.165) is 53.0 Å². The highest BCUT2D eigenvalue weighted by atomic mass is 16.5. The fraction of sp³-hybridized carbons (Fsp3) is 0.552. The van der Waals surface area contributed by atoms with Crippen molar-refractivity contribution >= 4 is 5.78 Å². The van der Waals surface area contributed by atoms with Crippen LogP contribution in [0.3, 0.4) is 0 Å². The third kappa shape index (κ3) is 10.3. The maximum atomic E-state index is 12.5. The van der Waals surface area contributed by atoms with Gasteiger partial charge < -0.3 is 19.7 Å². The van der Waals surface area contributed by atoms with Crippen molar-refractivity contribution in [1.82, 2.24) is 0 Å². The molecule has 0 aliphatic rings. The first kappa shape index (κ1) is 29.7. The van der Waals surface area contributed by atoms with Crippen molar-refractivity contribution in [3.63, 3.8) is 0 Å². The van der Waals surface area contributed by atoms with Crippen LogP contribution in [-0.2, 0) is 11.2 Å². The molecule has 1 aromatic carbocycles. The first-order valence-electron chi connectivity index (χ1n) is 12.0. The molecule has 5 nitrogen and oxygen atoms in total. The molecule has 0 aliphatic heterocycles. The van der Waals surface area contributed by atoms with Gasteiger partial charge in [0.05, 0.1) is 25.9 Å². The molecular formula is C29H44O5. The maximum absolute atomic E-state index is 12.5. The van der Waals surface area contributed by atoms with Gasteiger partial charge in [0.25, 0.3) is 0 Å². The highest BCUT2D eigenvalue weighted by Crippen LogP contribution is 2.32. The van der Waals surface area contributed by atoms with Gasteiger partial charge in [-0.25, -0.2) is 0 Å². The van der Waals surface area contributed by atoms with Crippen LogP contribution >= 0.6 is 0 Å². The number of rotatable bonds is 14. The van der Waals surface area contributed by atoms with Gasteiger partial charge in [0, 0.05) is 12.0 Å². The van der Waals surface area contributed by atoms with Crippen LogP contribution < -0.4 is 9.47 Å². The summed E-state index contributed by atoms with van der Waals surface area (Å²) in [5, 5.41) is 19.8. The Morgan fingerprint density at radius 3 is 2.29 bits per heavy atom. The second-order valence-corrected chi connectivity index (χ2v) is 9.77. The van der Waals surface area contributed by atoms with Gasteiger partial charge in [0.15, 0.2) is 5.78 Å². The predicted octanol–water partition coefficient (Wildman–Crippen LogP) is 6.05. The van der Waals surface area contributed by atoms with E-state index in [2.05, 4.69) is 12.2 Å². The summed E-state index contributed by atoms with van der Waals surface area (Å²) in [6, 6.07) is 3.94. The second kappa shape index (κ2) is 14.1. The minimum Gasteiger partial charge on any atom is -0.496 e. The molecule has 0 aliphatic carbocycles. The fourth-order valence-corrected chi connectivity index (χ4v) is 3.79. The van der Waals surface area contributed by atoms with Gasteiger partial charge in [-0.05, 0) is 91.4 Å². The minimum absolute atomic E-state index is 0.109. The quantitative estimate of drug-likeness (QED) is 0.255. The number of hydrogen-bond acceptors (Lipinski definition) is 5. The zero-order valence-corrected chi connectivity index (χ0v) is 22.3. The molecular weight excluding hydrogens is 428 g/mol. The first-order chi connectivity index (χ1) is 15.9. The third-order valence-electron chi connectivity index (χ3n) is 6.05. The average Bonchev–Trinajstić information content (AvgIpc) is 2.75. The SMILES string of the molecule is COc1ccc(C/C=C(\C)CC(=O)/C=C(\C)CC/C=C(\C)CCC(O)C(C)(C)O)c(OC)c1C. The van der Waals surface area contributed by atoms with Gasteiger partial charge in [-0.1, -0.05) is 34.9 Å². The Morgan fingerprint density at radius 1 is 1.03 bits per heavy atom. The molecule has 2 N–H and O–H groups in total. The molecule has 0 bridgehead atoms. The number of ether oxygens (including phenoxy) is 2. The summed E-state index contributed by atoms with van der Waals surface area (Å²) in [6.45, 7) is 11.2. The van der Waals surface area contributed by atoms with Crippen molar-refractivity contribution < 1.29 is 24.5 Å². The molecule has 34 heavy (non-hydrogen) atoms. The average molecular weight is 473 g/mol. The van der Waals surface area contributed by atoms with Gasteiger partial charge in [-0.3, -0.25) is 4.79 Å². The standard InChI is InChI=1S/C29H44O5/c1-20(13-17-27(31)29(5,6)32)10-9-11-21(2)18-25(30)19-22(3)12-14-24-15-16-26(33-7)23(4)28(24)34-8/h10,12,15-16,18,27,31-32H,9,11,13-14,17,19H2,1-8H3/b20-10+,21-18+,22-12+. The van der Waals surface area contributed by atoms with Crippen LogP contribution in [0.4, 0.5) is 0 Å². The lowest BCUT2D eigenvalue weighted by Gasteiger charge is -2.24. The molecule has 0 aromatic heterocycles. The summed E-state index contributed by atoms with van der Waals surface area (Å²) >= 11 is 0. The van der Waals surface area contributed by atoms with E-state index < -0.39 is 11.7 Å². The number of methoxy groups -OCH3 is 2. The summed E-state index contributed by atoms with van der Waals surface area (Å²) in [5.74, 6) is 1.73. The van der Waals surface area contributed by atoms with Crippen molar-refractivity contribution in [3.8, 4) is 11.5 Å². The number of aliphatic hydroxyl groups excluding tert-OH is 1. The van der Waals surface area contributed by atoms with Crippen molar-refractivity contribution in [2.45, 2.75) is 91.8 Å². The van der Waals surface area contributed by atoms with Crippen LogP contribution in [0.25, 0.3) is 0 Å². The lowest BCUT2D eigenvalue weighted by Crippen LogP contribution is -2.35. The van der Waals surface area contributed by atoms with E-state index in [1.807, 2.05) is 39.8 Å². The summed E-state index contributed by atoms with van der Waals surface area (Å²) < 4.78 is 10.9. The molecule has 1 aromatic rings. The molecule has 0 amide bonds. The largest absolute Gasteiger partial charge is 0.496 e. The molecule has 0 spiro atoms. The fourth-order valence-electron chi connectivity index (χ4n) is 3.79. The van der Waals surface area contributed by atoms with Gasteiger partial charge in [0.1, 0.15) is 11.5 Å². The second-order valence-electron chi connectivity index (χ2n) is 9.77. The molecule has 0 heterocycles. The zero-order valence-electron chi connectivity index (χ0n) is 22.3. The molecule has 0 radical (unpaired) electrons. The van der Waals surface area contributed by atoms with Gasteiger partial charge in [0.2, 0.25) is 0 Å². The monoisotopic (exact) mass is 472 g/mol. The zero-order chi connectivity index (χ0) is 25.9. The third-order valence-corrected chi connectivity index (χ3v) is 6.05. The first-order valence-corrected chi connectivity index (χ1v) is 12.0. The predicted molar refractivity (Wildman–Crippen MR) is 140 cm³/mol. The van der Waals surface area contributed by atoms with E-state index in [0.29, 0.717) is 19.3 Å². The van der Waals surface area contributed by atoms with Crippen LogP contribution in [0.2, 0.25) is 0 Å². The molecule has 0 saturated heterocycles. The van der Waals surface area contributed by atoms with E-state index in [9.17, 15) is 15.0 Å². The van der Waals surface area contributed by atoms with E-state index in [-0.39, 0.29) is 5.78 Å². The van der Waals surface area contributed by atoms with Crippen molar-refractivity contribution in [2.75, 3.05) is 14.2 Å². The van der Waals surface area contributed by atoms with E-state index in [4.69, 9.17) is 9.47 Å². The number of carbonyl (C=O) groups excluding carboxylic acids is 1. The molecule has 1 unspecified atom stereocenters. The Balaban J connectivity index is 2.57. The van der Waals surface area contributed by atoms with Gasteiger partial charge in [-0.2, -0.15) is 0 Å². The Bertz CT molecular complexity index is 900. The van der Waals surface area contributed by atoms with E-state index in [1.54, 1.807) is 34.1 Å². The molecule has 1 atom stereocenters. The Morgan fingerprint density at radius 2 is 1.71 bits per heavy atom. The molecule has 0 saturated carbocycles. The Labute approximate surface area is 206 Å². The summed E-state index contributed by atoms with van der Waals surface area (Å²) in [6.07, 6.45) is 9.29. The smallest absolute Gasteiger partial charge is 0.159 e. The van der Waals surface area contributed by atoms with Crippen LogP contribution in [0, 0.1) is 6.92 Å². The van der Waals surface area contributed by atoms with Crippen LogP contribution in [0.5, 0.6) is 11.5 Å². The maximum Gasteiger partial charge on any atom is 0.159 e. The molecule has 190 valence electrons. The lowest BCUT2D eigenvalue weighted by atomic mass is 9.95. The Kier molecular flexibility index (Phi) is 12.3. The van der Waals surface area contributed by atoms with Crippen molar-refractivity contribution in [1.29, 1.82) is 0 Å². The van der Waals surface area contributed by atoms with Crippen molar-refractivity contribution in [3.05, 3.63) is 58.2 Å². The molecule has 1 rings (SSSR count). The number of allylic oxidation sites excluding steroid dienone is 6. The topological polar surface area (TPSA) is 76.0 Å². The molecule has 5 heteroatoms. The summed E-state index contributed by atoms with van der Waals surface area (Å²) in [4.78, 5) is 12.5. The van der Waals surface area contributed by atoms with Gasteiger partial charge in [-0.15, -0.1) is 0 Å². The highest BCUT2D eigenvalue weighted by molar-refractivity contribution is 5.91. The normalized spacial score (nSPS) is 14.2. The minimum atomic E-state index is -1.08. The number of aliphatic hydroxyl groups is 2. The number of ketones is 1. The summed E-state index contributed by atoms with van der Waals surface area (Å²) in [5.41, 5.74) is 4.24. The van der Waals surface area contributed by atoms with Crippen LogP contribution in [-0.4, -0.2) is 41.9 Å². The van der Waals surface area contributed by atoms with Gasteiger partial charge >= 0.3 is 0 Å². The van der Waals surface area contributed by atoms with E-state index >= 15 is 0 Å². The van der Waals surface area contributed by atoms with Crippen LogP contribution in [0.15, 0.2) is 47.1 Å². The van der Waals surface area contributed by atoms with Crippen LogP contribution in [0.1, 0.15) is 77.8 Å². The van der Waals surface area contributed by atoms with E-state index in [1.165, 1.54) is 5.57 Å². The number of benzene rings is 1. The van der Waals surface area contributed by atoms with Crippen molar-refractivity contribution in [2.24, 2.45) is 0 Å².